The van der Waals surface area contributed by atoms with Gasteiger partial charge in [-0.3, -0.25) is 0 Å². The highest BCUT2D eigenvalue weighted by Crippen LogP contribution is 2.41. The Morgan fingerprint density at radius 1 is 0.808 bits per heavy atom. The molecule has 0 aliphatic heterocycles. The molecule has 0 unspecified atom stereocenters. The summed E-state index contributed by atoms with van der Waals surface area (Å²) in [6.07, 6.45) is 8.44. The highest BCUT2D eigenvalue weighted by molar-refractivity contribution is 9.09. The van der Waals surface area contributed by atoms with Crippen LogP contribution in [0.1, 0.15) is 51.9 Å². The number of ether oxygens (including phenoxy) is 3. The zero-order valence-corrected chi connectivity index (χ0v) is 17.6. The van der Waals surface area contributed by atoms with E-state index in [0.717, 1.165) is 52.8 Å². The average Bonchev–Trinajstić information content (AvgIpc) is 2.68. The number of unbranched alkanes of at least 4 members (excludes halogenated alkanes) is 5. The summed E-state index contributed by atoms with van der Waals surface area (Å²) in [4.78, 5) is 0. The lowest BCUT2D eigenvalue weighted by molar-refractivity contribution is 0.290. The lowest BCUT2D eigenvalue weighted by atomic mass is 10.1. The summed E-state index contributed by atoms with van der Waals surface area (Å²) >= 11 is 3.48. The van der Waals surface area contributed by atoms with Gasteiger partial charge in [0.2, 0.25) is 0 Å². The van der Waals surface area contributed by atoms with E-state index in [1.807, 2.05) is 18.2 Å². The van der Waals surface area contributed by atoms with Crippen molar-refractivity contribution in [3.8, 4) is 17.2 Å². The fourth-order valence-corrected chi connectivity index (χ4v) is 3.40. The second kappa shape index (κ2) is 12.1. The zero-order chi connectivity index (χ0) is 18.6. The van der Waals surface area contributed by atoms with Crippen molar-refractivity contribution in [2.45, 2.75) is 51.9 Å². The summed E-state index contributed by atoms with van der Waals surface area (Å²) in [5.41, 5.74) is 0. The molecule has 0 aromatic heterocycles. The second-order valence-electron chi connectivity index (χ2n) is 6.46. The van der Waals surface area contributed by atoms with Gasteiger partial charge in [-0.05, 0) is 19.3 Å². The van der Waals surface area contributed by atoms with Gasteiger partial charge in [-0.1, -0.05) is 72.8 Å². The lowest BCUT2D eigenvalue weighted by Crippen LogP contribution is -2.02. The number of alkyl halides is 1. The van der Waals surface area contributed by atoms with Gasteiger partial charge in [0.1, 0.15) is 5.75 Å². The minimum absolute atomic E-state index is 0.676. The van der Waals surface area contributed by atoms with Crippen molar-refractivity contribution in [1.29, 1.82) is 0 Å². The minimum atomic E-state index is 0.676. The molecule has 0 saturated heterocycles. The summed E-state index contributed by atoms with van der Waals surface area (Å²) in [6.45, 7) is 3.52. The maximum absolute atomic E-state index is 6.11. The predicted molar refractivity (Wildman–Crippen MR) is 113 cm³/mol. The Morgan fingerprint density at radius 3 is 2.19 bits per heavy atom. The number of methoxy groups -OCH3 is 1. The van der Waals surface area contributed by atoms with Gasteiger partial charge >= 0.3 is 0 Å². The van der Waals surface area contributed by atoms with Crippen molar-refractivity contribution in [3.05, 3.63) is 30.3 Å². The number of halogens is 1. The molecule has 0 atom stereocenters. The van der Waals surface area contributed by atoms with E-state index in [0.29, 0.717) is 6.61 Å². The topological polar surface area (TPSA) is 27.7 Å². The Labute approximate surface area is 166 Å². The molecule has 0 fully saturated rings. The Morgan fingerprint density at radius 2 is 1.50 bits per heavy atom. The van der Waals surface area contributed by atoms with E-state index < -0.39 is 0 Å². The summed E-state index contributed by atoms with van der Waals surface area (Å²) < 4.78 is 17.6. The van der Waals surface area contributed by atoms with Crippen LogP contribution >= 0.6 is 15.9 Å². The van der Waals surface area contributed by atoms with Crippen LogP contribution in [0.4, 0.5) is 0 Å². The van der Waals surface area contributed by atoms with E-state index >= 15 is 0 Å². The molecule has 0 bridgehead atoms. The van der Waals surface area contributed by atoms with Gasteiger partial charge in [0.25, 0.3) is 0 Å². The first-order valence-corrected chi connectivity index (χ1v) is 10.8. The molecular weight excluding hydrogens is 392 g/mol. The first kappa shape index (κ1) is 20.9. The molecule has 0 amide bonds. The molecule has 0 heterocycles. The predicted octanol–water partition coefficient (Wildman–Crippen LogP) is 6.75. The second-order valence-corrected chi connectivity index (χ2v) is 7.25. The van der Waals surface area contributed by atoms with Gasteiger partial charge in [0, 0.05) is 22.2 Å². The molecule has 3 nitrogen and oxygen atoms in total. The third-order valence-electron chi connectivity index (χ3n) is 4.38. The van der Waals surface area contributed by atoms with Crippen molar-refractivity contribution in [1.82, 2.24) is 0 Å². The molecule has 0 saturated carbocycles. The van der Waals surface area contributed by atoms with E-state index in [4.69, 9.17) is 14.2 Å². The van der Waals surface area contributed by atoms with Crippen molar-refractivity contribution in [2.75, 3.05) is 25.7 Å². The van der Waals surface area contributed by atoms with Crippen molar-refractivity contribution in [2.24, 2.45) is 0 Å². The molecule has 2 rings (SSSR count). The molecule has 26 heavy (non-hydrogen) atoms. The van der Waals surface area contributed by atoms with E-state index in [1.54, 1.807) is 7.11 Å². The van der Waals surface area contributed by atoms with Crippen LogP contribution in [0.3, 0.4) is 0 Å². The molecule has 2 aromatic carbocycles. The van der Waals surface area contributed by atoms with Crippen LogP contribution in [-0.2, 0) is 0 Å². The van der Waals surface area contributed by atoms with E-state index in [-0.39, 0.29) is 0 Å². The van der Waals surface area contributed by atoms with Crippen LogP contribution in [-0.4, -0.2) is 25.7 Å². The van der Waals surface area contributed by atoms with Gasteiger partial charge in [0.15, 0.2) is 11.5 Å². The van der Waals surface area contributed by atoms with E-state index in [9.17, 15) is 0 Å². The van der Waals surface area contributed by atoms with Gasteiger partial charge in [-0.15, -0.1) is 0 Å². The Balaban J connectivity index is 2.01. The van der Waals surface area contributed by atoms with Crippen LogP contribution < -0.4 is 14.2 Å². The average molecular weight is 423 g/mol. The summed E-state index contributed by atoms with van der Waals surface area (Å²) in [6, 6.07) is 10.2. The van der Waals surface area contributed by atoms with Gasteiger partial charge < -0.3 is 14.2 Å². The lowest BCUT2D eigenvalue weighted by Gasteiger charge is -2.16. The SMILES string of the molecule is CCCOc1c(OC)cc(OCCCCCCCCBr)c2ccccc12. The van der Waals surface area contributed by atoms with Crippen molar-refractivity contribution >= 4 is 26.7 Å². The fraction of sp³-hybridized carbons (Fsp3) is 0.545. The van der Waals surface area contributed by atoms with Gasteiger partial charge in [-0.2, -0.15) is 0 Å². The van der Waals surface area contributed by atoms with Crippen molar-refractivity contribution in [3.63, 3.8) is 0 Å². The zero-order valence-electron chi connectivity index (χ0n) is 16.1. The minimum Gasteiger partial charge on any atom is -0.493 e. The smallest absolute Gasteiger partial charge is 0.169 e. The third kappa shape index (κ3) is 6.08. The number of fused-ring (bicyclic) bond motifs is 1. The quantitative estimate of drug-likeness (QED) is 0.263. The first-order chi connectivity index (χ1) is 12.8. The number of hydrogen-bond donors (Lipinski definition) is 0. The van der Waals surface area contributed by atoms with E-state index in [2.05, 4.69) is 35.0 Å². The third-order valence-corrected chi connectivity index (χ3v) is 4.94. The van der Waals surface area contributed by atoms with Crippen LogP contribution in [0.25, 0.3) is 10.8 Å². The Kier molecular flexibility index (Phi) is 9.68. The molecular formula is C22H31BrO3. The molecule has 0 radical (unpaired) electrons. The monoisotopic (exact) mass is 422 g/mol. The number of hydrogen-bond acceptors (Lipinski definition) is 3. The molecule has 144 valence electrons. The van der Waals surface area contributed by atoms with Gasteiger partial charge in [-0.25, -0.2) is 0 Å². The van der Waals surface area contributed by atoms with Crippen molar-refractivity contribution < 1.29 is 14.2 Å². The van der Waals surface area contributed by atoms with Gasteiger partial charge in [0.05, 0.1) is 20.3 Å². The highest BCUT2D eigenvalue weighted by Gasteiger charge is 2.14. The molecule has 2 aromatic rings. The first-order valence-electron chi connectivity index (χ1n) is 9.73. The Hall–Kier alpha value is -1.42. The van der Waals surface area contributed by atoms with Crippen LogP contribution in [0.2, 0.25) is 0 Å². The molecule has 0 aliphatic carbocycles. The van der Waals surface area contributed by atoms with E-state index in [1.165, 1.54) is 32.1 Å². The summed E-state index contributed by atoms with van der Waals surface area (Å²) in [7, 11) is 1.68. The maximum atomic E-state index is 6.11. The molecule has 0 spiro atoms. The number of rotatable bonds is 13. The highest BCUT2D eigenvalue weighted by atomic mass is 79.9. The summed E-state index contributed by atoms with van der Waals surface area (Å²) in [5.74, 6) is 2.42. The Bertz CT molecular complexity index is 657. The summed E-state index contributed by atoms with van der Waals surface area (Å²) in [5, 5.41) is 3.24. The number of benzene rings is 2. The normalized spacial score (nSPS) is 10.9. The van der Waals surface area contributed by atoms with Crippen LogP contribution in [0.5, 0.6) is 17.2 Å². The molecule has 4 heteroatoms. The molecule has 0 aliphatic rings. The fourth-order valence-electron chi connectivity index (χ4n) is 3.00. The van der Waals surface area contributed by atoms with Crippen LogP contribution in [0.15, 0.2) is 30.3 Å². The molecule has 0 N–H and O–H groups in total. The van der Waals surface area contributed by atoms with Crippen LogP contribution in [0, 0.1) is 0 Å². The largest absolute Gasteiger partial charge is 0.493 e. The standard InChI is InChI=1S/C22H31BrO3/c1-3-15-26-22-19-13-9-8-12-18(19)20(17-21(22)24-2)25-16-11-7-5-4-6-10-14-23/h8-9,12-13,17H,3-7,10-11,14-16H2,1-2H3. The maximum Gasteiger partial charge on any atom is 0.169 e.